The lowest BCUT2D eigenvalue weighted by Gasteiger charge is -2.06. The molecule has 6 nitrogen and oxygen atoms in total. The molecule has 0 spiro atoms. The number of carbonyl (C=O) groups excluding carboxylic acids is 1. The Hall–Kier alpha value is -3.13. The lowest BCUT2D eigenvalue weighted by molar-refractivity contribution is 0.0699. The first-order chi connectivity index (χ1) is 11.6. The molecule has 2 heterocycles. The SMILES string of the molecule is O=C(Nc1csc(-c2cnccn2)c1C(=O)O)c1cccc(F)c1. The minimum absolute atomic E-state index is 0.0785. The number of carbonyl (C=O) groups is 2. The molecule has 0 saturated carbocycles. The van der Waals surface area contributed by atoms with Crippen LogP contribution in [-0.2, 0) is 0 Å². The number of amides is 1. The highest BCUT2D eigenvalue weighted by Gasteiger charge is 2.22. The largest absolute Gasteiger partial charge is 0.478 e. The third-order valence-electron chi connectivity index (χ3n) is 3.14. The molecule has 120 valence electrons. The summed E-state index contributed by atoms with van der Waals surface area (Å²) in [7, 11) is 0. The predicted molar refractivity (Wildman–Crippen MR) is 86.7 cm³/mol. The van der Waals surface area contributed by atoms with E-state index in [1.807, 2.05) is 0 Å². The molecule has 1 amide bonds. The Bertz CT molecular complexity index is 912. The van der Waals surface area contributed by atoms with Gasteiger partial charge in [0.15, 0.2) is 0 Å². The summed E-state index contributed by atoms with van der Waals surface area (Å²) in [4.78, 5) is 32.2. The van der Waals surface area contributed by atoms with Gasteiger partial charge in [0, 0.05) is 23.3 Å². The summed E-state index contributed by atoms with van der Waals surface area (Å²) in [5.74, 6) is -2.35. The molecule has 1 aromatic carbocycles. The maximum absolute atomic E-state index is 13.2. The summed E-state index contributed by atoms with van der Waals surface area (Å²) < 4.78 is 13.2. The van der Waals surface area contributed by atoms with Gasteiger partial charge in [0.25, 0.3) is 5.91 Å². The molecular weight excluding hydrogens is 333 g/mol. The third-order valence-corrected chi connectivity index (χ3v) is 4.14. The van der Waals surface area contributed by atoms with Crippen LogP contribution in [0.1, 0.15) is 20.7 Å². The molecule has 2 N–H and O–H groups in total. The number of aromatic nitrogens is 2. The van der Waals surface area contributed by atoms with Crippen LogP contribution >= 0.6 is 11.3 Å². The average molecular weight is 343 g/mol. The Morgan fingerprint density at radius 2 is 2.08 bits per heavy atom. The van der Waals surface area contributed by atoms with E-state index in [1.165, 1.54) is 42.2 Å². The summed E-state index contributed by atoms with van der Waals surface area (Å²) in [5, 5.41) is 13.5. The van der Waals surface area contributed by atoms with Crippen molar-refractivity contribution in [2.75, 3.05) is 5.32 Å². The van der Waals surface area contributed by atoms with Crippen molar-refractivity contribution in [3.05, 3.63) is 65.2 Å². The fourth-order valence-corrected chi connectivity index (χ4v) is 3.05. The van der Waals surface area contributed by atoms with Crippen molar-refractivity contribution < 1.29 is 19.1 Å². The van der Waals surface area contributed by atoms with Gasteiger partial charge in [-0.1, -0.05) is 6.07 Å². The number of anilines is 1. The molecule has 0 bridgehead atoms. The monoisotopic (exact) mass is 343 g/mol. The van der Waals surface area contributed by atoms with Gasteiger partial charge in [-0.05, 0) is 18.2 Å². The van der Waals surface area contributed by atoms with E-state index < -0.39 is 17.7 Å². The molecule has 0 aliphatic heterocycles. The number of hydrogen-bond donors (Lipinski definition) is 2. The second kappa shape index (κ2) is 6.55. The topological polar surface area (TPSA) is 92.2 Å². The zero-order valence-electron chi connectivity index (χ0n) is 12.1. The van der Waals surface area contributed by atoms with Crippen molar-refractivity contribution in [1.82, 2.24) is 9.97 Å². The van der Waals surface area contributed by atoms with E-state index in [4.69, 9.17) is 0 Å². The summed E-state index contributed by atoms with van der Waals surface area (Å²) >= 11 is 1.13. The number of carboxylic acids is 1. The second-order valence-electron chi connectivity index (χ2n) is 4.71. The number of carboxylic acid groups (broad SMARTS) is 1. The molecule has 3 rings (SSSR count). The van der Waals surface area contributed by atoms with E-state index in [-0.39, 0.29) is 16.8 Å². The molecule has 0 atom stereocenters. The van der Waals surface area contributed by atoms with Gasteiger partial charge in [-0.25, -0.2) is 9.18 Å². The van der Waals surface area contributed by atoms with Gasteiger partial charge >= 0.3 is 5.97 Å². The van der Waals surface area contributed by atoms with Crippen LogP contribution in [0, 0.1) is 5.82 Å². The average Bonchev–Trinajstić information content (AvgIpc) is 2.99. The predicted octanol–water partition coefficient (Wildman–Crippen LogP) is 3.29. The van der Waals surface area contributed by atoms with E-state index in [0.29, 0.717) is 10.6 Å². The number of nitrogens with one attached hydrogen (secondary N) is 1. The van der Waals surface area contributed by atoms with E-state index in [9.17, 15) is 19.1 Å². The highest BCUT2D eigenvalue weighted by molar-refractivity contribution is 7.14. The zero-order chi connectivity index (χ0) is 17.1. The van der Waals surface area contributed by atoms with Crippen molar-refractivity contribution in [2.24, 2.45) is 0 Å². The van der Waals surface area contributed by atoms with E-state index in [1.54, 1.807) is 0 Å². The molecule has 0 aliphatic carbocycles. The lowest BCUT2D eigenvalue weighted by Crippen LogP contribution is -2.14. The maximum atomic E-state index is 13.2. The van der Waals surface area contributed by atoms with Crippen LogP contribution < -0.4 is 5.32 Å². The quantitative estimate of drug-likeness (QED) is 0.758. The smallest absolute Gasteiger partial charge is 0.339 e. The van der Waals surface area contributed by atoms with Crippen molar-refractivity contribution in [3.63, 3.8) is 0 Å². The van der Waals surface area contributed by atoms with Gasteiger partial charge in [-0.2, -0.15) is 0 Å². The van der Waals surface area contributed by atoms with Gasteiger partial charge in [-0.15, -0.1) is 11.3 Å². The van der Waals surface area contributed by atoms with E-state index in [2.05, 4.69) is 15.3 Å². The molecule has 0 unspecified atom stereocenters. The van der Waals surface area contributed by atoms with Crippen molar-refractivity contribution in [1.29, 1.82) is 0 Å². The first kappa shape index (κ1) is 15.8. The third kappa shape index (κ3) is 3.13. The number of rotatable bonds is 4. The molecule has 2 aromatic heterocycles. The Labute approximate surface area is 139 Å². The normalized spacial score (nSPS) is 10.4. The second-order valence-corrected chi connectivity index (χ2v) is 5.59. The van der Waals surface area contributed by atoms with Crippen molar-refractivity contribution in [2.45, 2.75) is 0 Å². The summed E-state index contributed by atoms with van der Waals surface area (Å²) in [6.45, 7) is 0. The van der Waals surface area contributed by atoms with Crippen LogP contribution in [0.2, 0.25) is 0 Å². The van der Waals surface area contributed by atoms with Crippen LogP contribution in [0.3, 0.4) is 0 Å². The van der Waals surface area contributed by atoms with Gasteiger partial charge in [-0.3, -0.25) is 14.8 Å². The maximum Gasteiger partial charge on any atom is 0.339 e. The molecule has 0 aliphatic rings. The number of nitrogens with zero attached hydrogens (tertiary/aromatic N) is 2. The molecule has 0 saturated heterocycles. The molecule has 0 fully saturated rings. The zero-order valence-corrected chi connectivity index (χ0v) is 12.9. The van der Waals surface area contributed by atoms with Crippen LogP contribution in [0.15, 0.2) is 48.2 Å². The number of benzene rings is 1. The van der Waals surface area contributed by atoms with Gasteiger partial charge in [0.2, 0.25) is 0 Å². The van der Waals surface area contributed by atoms with Gasteiger partial charge < -0.3 is 10.4 Å². The van der Waals surface area contributed by atoms with Crippen LogP contribution in [0.25, 0.3) is 10.6 Å². The van der Waals surface area contributed by atoms with Crippen LogP contribution in [0.4, 0.5) is 10.1 Å². The summed E-state index contributed by atoms with van der Waals surface area (Å²) in [6, 6.07) is 5.14. The Morgan fingerprint density at radius 1 is 1.25 bits per heavy atom. The minimum Gasteiger partial charge on any atom is -0.478 e. The van der Waals surface area contributed by atoms with Crippen molar-refractivity contribution in [3.8, 4) is 10.6 Å². The van der Waals surface area contributed by atoms with Gasteiger partial charge in [0.05, 0.1) is 22.5 Å². The van der Waals surface area contributed by atoms with E-state index in [0.717, 1.165) is 17.4 Å². The lowest BCUT2D eigenvalue weighted by atomic mass is 10.1. The number of aromatic carboxylic acids is 1. The molecular formula is C16H10FN3O3S. The van der Waals surface area contributed by atoms with E-state index >= 15 is 0 Å². The first-order valence-electron chi connectivity index (χ1n) is 6.74. The Kier molecular flexibility index (Phi) is 4.30. The fraction of sp³-hybridized carbons (Fsp3) is 0. The van der Waals surface area contributed by atoms with Crippen LogP contribution in [-0.4, -0.2) is 27.0 Å². The molecule has 0 radical (unpaired) electrons. The first-order valence-corrected chi connectivity index (χ1v) is 7.62. The number of thiophene rings is 1. The van der Waals surface area contributed by atoms with Gasteiger partial charge in [0.1, 0.15) is 11.4 Å². The Morgan fingerprint density at radius 3 is 2.75 bits per heavy atom. The molecule has 24 heavy (non-hydrogen) atoms. The summed E-state index contributed by atoms with van der Waals surface area (Å²) in [6.07, 6.45) is 4.37. The van der Waals surface area contributed by atoms with Crippen LogP contribution in [0.5, 0.6) is 0 Å². The Balaban J connectivity index is 1.96. The highest BCUT2D eigenvalue weighted by atomic mass is 32.1. The highest BCUT2D eigenvalue weighted by Crippen LogP contribution is 2.34. The fourth-order valence-electron chi connectivity index (χ4n) is 2.09. The molecule has 3 aromatic rings. The summed E-state index contributed by atoms with van der Waals surface area (Å²) in [5.41, 5.74) is 0.539. The van der Waals surface area contributed by atoms with Crippen molar-refractivity contribution >= 4 is 28.9 Å². The number of hydrogen-bond acceptors (Lipinski definition) is 5. The number of halogens is 1. The standard InChI is InChI=1S/C16H10FN3O3S/c17-10-3-1-2-9(6-10)15(21)20-12-8-24-14(13(12)16(22)23)11-7-18-4-5-19-11/h1-8H,(H,20,21)(H,22,23). The minimum atomic E-state index is -1.20. The molecule has 8 heteroatoms.